The first-order valence-corrected chi connectivity index (χ1v) is 4.92. The molecule has 0 amide bonds. The molecule has 1 aliphatic rings. The number of anilines is 1. The average Bonchev–Trinajstić information content (AvgIpc) is 2.72. The molecule has 0 saturated carbocycles. The molecule has 0 fully saturated rings. The lowest BCUT2D eigenvalue weighted by atomic mass is 10.2. The first kappa shape index (κ1) is 10.1. The number of halogens is 3. The first-order valence-electron chi connectivity index (χ1n) is 4.92. The van der Waals surface area contributed by atoms with Gasteiger partial charge in [-0.15, -0.1) is 5.10 Å². The highest BCUT2D eigenvalue weighted by molar-refractivity contribution is 5.62. The number of alkyl halides is 3. The Bertz CT molecular complexity index is 573. The van der Waals surface area contributed by atoms with Crippen LogP contribution in [-0.2, 0) is 12.7 Å². The molecular weight excluding hydrogens is 233 g/mol. The van der Waals surface area contributed by atoms with Crippen LogP contribution in [0.5, 0.6) is 0 Å². The summed E-state index contributed by atoms with van der Waals surface area (Å²) in [7, 11) is 0. The summed E-state index contributed by atoms with van der Waals surface area (Å²) in [4.78, 5) is 3.49. The third kappa shape index (κ3) is 1.54. The van der Waals surface area contributed by atoms with E-state index in [4.69, 9.17) is 0 Å². The van der Waals surface area contributed by atoms with Crippen LogP contribution in [0.1, 0.15) is 11.6 Å². The Morgan fingerprint density at radius 3 is 2.76 bits per heavy atom. The Balaban J connectivity index is 2.17. The van der Waals surface area contributed by atoms with E-state index in [1.165, 1.54) is 4.68 Å². The van der Waals surface area contributed by atoms with Gasteiger partial charge < -0.3 is 5.32 Å². The van der Waals surface area contributed by atoms with Crippen LogP contribution >= 0.6 is 0 Å². The average molecular weight is 240 g/mol. The summed E-state index contributed by atoms with van der Waals surface area (Å²) >= 11 is 0. The smallest absolute Gasteiger partial charge is 0.376 e. The van der Waals surface area contributed by atoms with E-state index in [0.29, 0.717) is 5.69 Å². The zero-order valence-electron chi connectivity index (χ0n) is 8.49. The number of fused-ring (bicyclic) bond motifs is 3. The van der Waals surface area contributed by atoms with Gasteiger partial charge in [0.05, 0.1) is 17.9 Å². The fourth-order valence-electron chi connectivity index (χ4n) is 1.75. The highest BCUT2D eigenvalue weighted by atomic mass is 19.4. The number of hydrogen-bond donors (Lipinski definition) is 1. The maximum Gasteiger partial charge on any atom is 0.453 e. The molecule has 0 aliphatic carbocycles. The molecular formula is C10H7F3N4. The van der Waals surface area contributed by atoms with Gasteiger partial charge in [0.25, 0.3) is 5.82 Å². The molecule has 4 nitrogen and oxygen atoms in total. The fraction of sp³-hybridized carbons (Fsp3) is 0.200. The van der Waals surface area contributed by atoms with E-state index in [1.54, 1.807) is 24.3 Å². The SMILES string of the molecule is FC(F)(F)c1nc2n(n1)-c1ccccc1NC2. The van der Waals surface area contributed by atoms with E-state index in [-0.39, 0.29) is 12.4 Å². The second-order valence-electron chi connectivity index (χ2n) is 3.63. The Morgan fingerprint density at radius 1 is 1.24 bits per heavy atom. The molecule has 0 saturated heterocycles. The zero-order chi connectivity index (χ0) is 12.0. The van der Waals surface area contributed by atoms with E-state index in [9.17, 15) is 13.2 Å². The molecule has 0 spiro atoms. The maximum absolute atomic E-state index is 12.5. The number of hydrogen-bond acceptors (Lipinski definition) is 3. The predicted molar refractivity (Wildman–Crippen MR) is 53.7 cm³/mol. The van der Waals surface area contributed by atoms with Gasteiger partial charge in [0.2, 0.25) is 0 Å². The lowest BCUT2D eigenvalue weighted by Gasteiger charge is -2.17. The Kier molecular flexibility index (Phi) is 1.92. The van der Waals surface area contributed by atoms with Crippen LogP contribution < -0.4 is 5.32 Å². The van der Waals surface area contributed by atoms with Crippen molar-refractivity contribution in [2.24, 2.45) is 0 Å². The molecule has 0 unspecified atom stereocenters. The summed E-state index contributed by atoms with van der Waals surface area (Å²) in [5.41, 5.74) is 1.33. The topological polar surface area (TPSA) is 42.7 Å². The van der Waals surface area contributed by atoms with Crippen molar-refractivity contribution < 1.29 is 13.2 Å². The molecule has 2 aromatic rings. The lowest BCUT2D eigenvalue weighted by Crippen LogP contribution is -2.16. The van der Waals surface area contributed by atoms with Gasteiger partial charge in [0, 0.05) is 0 Å². The number of aromatic nitrogens is 3. The van der Waals surface area contributed by atoms with Crippen molar-refractivity contribution >= 4 is 5.69 Å². The quantitative estimate of drug-likeness (QED) is 0.767. The molecule has 1 aromatic carbocycles. The highest BCUT2D eigenvalue weighted by Gasteiger charge is 2.37. The molecule has 1 N–H and O–H groups in total. The van der Waals surface area contributed by atoms with Gasteiger partial charge in [-0.25, -0.2) is 9.67 Å². The van der Waals surface area contributed by atoms with Gasteiger partial charge in [-0.05, 0) is 12.1 Å². The van der Waals surface area contributed by atoms with Crippen LogP contribution in [-0.4, -0.2) is 14.8 Å². The minimum absolute atomic E-state index is 0.236. The van der Waals surface area contributed by atoms with Crippen molar-refractivity contribution in [1.29, 1.82) is 0 Å². The van der Waals surface area contributed by atoms with Gasteiger partial charge in [0.1, 0.15) is 0 Å². The van der Waals surface area contributed by atoms with Gasteiger partial charge in [-0.2, -0.15) is 13.2 Å². The molecule has 17 heavy (non-hydrogen) atoms. The van der Waals surface area contributed by atoms with Crippen molar-refractivity contribution in [2.75, 3.05) is 5.32 Å². The summed E-state index contributed by atoms with van der Waals surface area (Å²) in [6, 6.07) is 7.02. The van der Waals surface area contributed by atoms with Crippen molar-refractivity contribution in [3.8, 4) is 5.69 Å². The Hall–Kier alpha value is -2.05. The second kappa shape index (κ2) is 3.22. The molecule has 2 heterocycles. The van der Waals surface area contributed by atoms with E-state index in [1.807, 2.05) is 0 Å². The van der Waals surface area contributed by atoms with Gasteiger partial charge >= 0.3 is 6.18 Å². The minimum atomic E-state index is -4.51. The van der Waals surface area contributed by atoms with Crippen molar-refractivity contribution in [1.82, 2.24) is 14.8 Å². The number of para-hydroxylation sites is 2. The first-order chi connectivity index (χ1) is 8.05. The normalized spacial score (nSPS) is 13.8. The molecule has 3 rings (SSSR count). The predicted octanol–water partition coefficient (Wildman–Crippen LogP) is 2.21. The minimum Gasteiger partial charge on any atom is -0.376 e. The molecule has 1 aliphatic heterocycles. The molecule has 0 atom stereocenters. The molecule has 0 bridgehead atoms. The maximum atomic E-state index is 12.5. The van der Waals surface area contributed by atoms with Crippen LogP contribution in [0.4, 0.5) is 18.9 Å². The van der Waals surface area contributed by atoms with E-state index in [0.717, 1.165) is 5.69 Å². The number of benzene rings is 1. The summed E-state index contributed by atoms with van der Waals surface area (Å²) < 4.78 is 38.7. The number of nitrogens with zero attached hydrogens (tertiary/aromatic N) is 3. The van der Waals surface area contributed by atoms with Gasteiger partial charge in [-0.1, -0.05) is 12.1 Å². The van der Waals surface area contributed by atoms with Crippen LogP contribution in [0.15, 0.2) is 24.3 Å². The second-order valence-corrected chi connectivity index (χ2v) is 3.63. The standard InChI is InChI=1S/C10H7F3N4/c11-10(12,13)9-15-8-5-14-6-3-1-2-4-7(6)17(8)16-9/h1-4,14H,5H2. The van der Waals surface area contributed by atoms with Crippen LogP contribution in [0.25, 0.3) is 5.69 Å². The molecule has 1 aromatic heterocycles. The van der Waals surface area contributed by atoms with E-state index >= 15 is 0 Å². The number of nitrogens with one attached hydrogen (secondary N) is 1. The fourth-order valence-corrected chi connectivity index (χ4v) is 1.75. The van der Waals surface area contributed by atoms with Crippen molar-refractivity contribution in [2.45, 2.75) is 12.7 Å². The summed E-state index contributed by atoms with van der Waals surface area (Å²) in [6.07, 6.45) is -4.51. The van der Waals surface area contributed by atoms with Gasteiger partial charge in [-0.3, -0.25) is 0 Å². The van der Waals surface area contributed by atoms with Crippen molar-refractivity contribution in [3.63, 3.8) is 0 Å². The van der Waals surface area contributed by atoms with E-state index in [2.05, 4.69) is 15.4 Å². The largest absolute Gasteiger partial charge is 0.453 e. The van der Waals surface area contributed by atoms with Crippen LogP contribution in [0.2, 0.25) is 0 Å². The zero-order valence-corrected chi connectivity index (χ0v) is 8.49. The highest BCUT2D eigenvalue weighted by Crippen LogP contribution is 2.30. The van der Waals surface area contributed by atoms with Gasteiger partial charge in [0.15, 0.2) is 5.82 Å². The molecule has 0 radical (unpaired) electrons. The van der Waals surface area contributed by atoms with Crippen molar-refractivity contribution in [3.05, 3.63) is 35.9 Å². The summed E-state index contributed by atoms with van der Waals surface area (Å²) in [5, 5.41) is 6.50. The van der Waals surface area contributed by atoms with Crippen LogP contribution in [0.3, 0.4) is 0 Å². The third-order valence-corrected chi connectivity index (χ3v) is 2.50. The summed E-state index contributed by atoms with van der Waals surface area (Å²) in [6.45, 7) is 0.236. The summed E-state index contributed by atoms with van der Waals surface area (Å²) in [5.74, 6) is -0.845. The Labute approximate surface area is 94.1 Å². The monoisotopic (exact) mass is 240 g/mol. The van der Waals surface area contributed by atoms with Crippen LogP contribution in [0, 0.1) is 0 Å². The molecule has 7 heteroatoms. The van der Waals surface area contributed by atoms with E-state index < -0.39 is 12.0 Å². The Morgan fingerprint density at radius 2 is 2.00 bits per heavy atom. The lowest BCUT2D eigenvalue weighted by molar-refractivity contribution is -0.144. The third-order valence-electron chi connectivity index (χ3n) is 2.50. The number of rotatable bonds is 0. The molecule has 88 valence electrons.